The molecular weight excluding hydrogens is 513 g/mol. The van der Waals surface area contributed by atoms with Crippen molar-refractivity contribution < 1.29 is 19.1 Å². The molecule has 1 heterocycles. The first kappa shape index (κ1) is 18.9. The Morgan fingerprint density at radius 3 is 2.83 bits per heavy atom. The van der Waals surface area contributed by atoms with Crippen LogP contribution in [0.1, 0.15) is 5.56 Å². The molecule has 0 spiro atoms. The zero-order chi connectivity index (χ0) is 17.7. The van der Waals surface area contributed by atoms with Crippen LogP contribution in [0.5, 0.6) is 5.75 Å². The van der Waals surface area contributed by atoms with Crippen LogP contribution in [0.2, 0.25) is 0 Å². The molecule has 1 amide bonds. The van der Waals surface area contributed by atoms with Crippen molar-refractivity contribution in [1.29, 1.82) is 0 Å². The SMILES string of the molecule is COC(=O)/C=C1/S/C(=N\N=Cc2cc(Br)cc(I)c2OC)NC1=O. The van der Waals surface area contributed by atoms with Gasteiger partial charge in [-0.05, 0) is 46.5 Å². The fraction of sp³-hybridized carbons (Fsp3) is 0.143. The molecule has 0 bridgehead atoms. The van der Waals surface area contributed by atoms with Gasteiger partial charge in [-0.25, -0.2) is 4.79 Å². The van der Waals surface area contributed by atoms with Crippen LogP contribution < -0.4 is 10.1 Å². The highest BCUT2D eigenvalue weighted by molar-refractivity contribution is 14.1. The summed E-state index contributed by atoms with van der Waals surface area (Å²) in [6, 6.07) is 3.76. The number of benzene rings is 1. The summed E-state index contributed by atoms with van der Waals surface area (Å²) in [5.74, 6) is -0.350. The fourth-order valence-electron chi connectivity index (χ4n) is 1.68. The maximum atomic E-state index is 11.7. The van der Waals surface area contributed by atoms with Crippen LogP contribution in [0.25, 0.3) is 0 Å². The Labute approximate surface area is 164 Å². The maximum Gasteiger partial charge on any atom is 0.331 e. The van der Waals surface area contributed by atoms with Gasteiger partial charge in [0, 0.05) is 16.1 Å². The number of esters is 1. The van der Waals surface area contributed by atoms with E-state index in [1.54, 1.807) is 7.11 Å². The largest absolute Gasteiger partial charge is 0.495 e. The predicted octanol–water partition coefficient (Wildman–Crippen LogP) is 2.67. The zero-order valence-electron chi connectivity index (χ0n) is 12.5. The number of ether oxygens (including phenoxy) is 2. The molecule has 1 fully saturated rings. The van der Waals surface area contributed by atoms with E-state index in [9.17, 15) is 9.59 Å². The van der Waals surface area contributed by atoms with Gasteiger partial charge in [-0.2, -0.15) is 5.10 Å². The molecule has 1 aliphatic heterocycles. The van der Waals surface area contributed by atoms with Gasteiger partial charge in [-0.3, -0.25) is 10.1 Å². The zero-order valence-corrected chi connectivity index (χ0v) is 17.1. The van der Waals surface area contributed by atoms with Gasteiger partial charge in [0.2, 0.25) is 0 Å². The second-order valence-electron chi connectivity index (χ2n) is 4.25. The molecule has 0 unspecified atom stereocenters. The Kier molecular flexibility index (Phi) is 6.80. The fourth-order valence-corrected chi connectivity index (χ4v) is 4.19. The van der Waals surface area contributed by atoms with Crippen LogP contribution in [-0.2, 0) is 14.3 Å². The van der Waals surface area contributed by atoms with Crippen molar-refractivity contribution >= 4 is 73.5 Å². The lowest BCUT2D eigenvalue weighted by Gasteiger charge is -2.07. The number of hydrogen-bond acceptors (Lipinski definition) is 7. The van der Waals surface area contributed by atoms with Crippen LogP contribution >= 0.6 is 50.3 Å². The van der Waals surface area contributed by atoms with Gasteiger partial charge in [0.25, 0.3) is 5.91 Å². The summed E-state index contributed by atoms with van der Waals surface area (Å²) >= 11 is 6.57. The molecule has 24 heavy (non-hydrogen) atoms. The van der Waals surface area contributed by atoms with Gasteiger partial charge < -0.3 is 9.47 Å². The number of rotatable bonds is 4. The predicted molar refractivity (Wildman–Crippen MR) is 104 cm³/mol. The lowest BCUT2D eigenvalue weighted by Crippen LogP contribution is -2.19. The highest BCUT2D eigenvalue weighted by Crippen LogP contribution is 2.28. The van der Waals surface area contributed by atoms with Gasteiger partial charge in [0.05, 0.1) is 28.9 Å². The second kappa shape index (κ2) is 8.62. The van der Waals surface area contributed by atoms with Crippen LogP contribution in [-0.4, -0.2) is 37.5 Å². The molecule has 0 radical (unpaired) electrons. The summed E-state index contributed by atoms with van der Waals surface area (Å²) in [6.45, 7) is 0. The number of hydrogen-bond donors (Lipinski definition) is 1. The Morgan fingerprint density at radius 2 is 2.17 bits per heavy atom. The van der Waals surface area contributed by atoms with Gasteiger partial charge >= 0.3 is 5.97 Å². The first-order chi connectivity index (χ1) is 11.4. The molecule has 0 saturated carbocycles. The van der Waals surface area contributed by atoms with E-state index in [0.29, 0.717) is 5.75 Å². The quantitative estimate of drug-likeness (QED) is 0.215. The summed E-state index contributed by atoms with van der Waals surface area (Å²) in [4.78, 5) is 23.1. The topological polar surface area (TPSA) is 89.3 Å². The molecule has 0 aliphatic carbocycles. The van der Waals surface area contributed by atoms with Crippen molar-refractivity contribution in [3.05, 3.63) is 36.7 Å². The minimum absolute atomic E-state index is 0.199. The minimum atomic E-state index is -0.606. The number of nitrogens with zero attached hydrogens (tertiary/aromatic N) is 2. The minimum Gasteiger partial charge on any atom is -0.495 e. The molecule has 1 aromatic rings. The van der Waals surface area contributed by atoms with Crippen LogP contribution in [0.4, 0.5) is 0 Å². The molecule has 126 valence electrons. The third-order valence-electron chi connectivity index (χ3n) is 2.69. The van der Waals surface area contributed by atoms with Crippen molar-refractivity contribution in [3.8, 4) is 5.75 Å². The maximum absolute atomic E-state index is 11.7. The Hall–Kier alpha value is -1.40. The Balaban J connectivity index is 2.18. The van der Waals surface area contributed by atoms with Crippen molar-refractivity contribution in [3.63, 3.8) is 0 Å². The molecule has 1 aliphatic rings. The molecule has 1 saturated heterocycles. The number of nitrogens with one attached hydrogen (secondary N) is 1. The number of halogens is 2. The highest BCUT2D eigenvalue weighted by atomic mass is 127. The third kappa shape index (κ3) is 4.80. The average molecular weight is 524 g/mol. The van der Waals surface area contributed by atoms with Crippen LogP contribution in [0, 0.1) is 3.57 Å². The van der Waals surface area contributed by atoms with E-state index < -0.39 is 11.9 Å². The number of methoxy groups -OCH3 is 2. The Morgan fingerprint density at radius 1 is 1.42 bits per heavy atom. The molecule has 10 heteroatoms. The van der Waals surface area contributed by atoms with Gasteiger partial charge in [-0.1, -0.05) is 15.9 Å². The van der Waals surface area contributed by atoms with E-state index in [-0.39, 0.29) is 10.1 Å². The van der Waals surface area contributed by atoms with Gasteiger partial charge in [0.15, 0.2) is 5.17 Å². The van der Waals surface area contributed by atoms with Crippen molar-refractivity contribution in [1.82, 2.24) is 5.32 Å². The van der Waals surface area contributed by atoms with Crippen LogP contribution in [0.3, 0.4) is 0 Å². The van der Waals surface area contributed by atoms with Crippen LogP contribution in [0.15, 0.2) is 37.8 Å². The standard InChI is InChI=1S/C14H11BrIN3O4S/c1-22-11(20)5-10-13(21)18-14(24-10)19-17-6-7-3-8(15)4-9(16)12(7)23-2/h3-6H,1-2H3,(H,18,19,21)/b10-5+,17-6?. The normalized spacial score (nSPS) is 17.6. The summed E-state index contributed by atoms with van der Waals surface area (Å²) in [7, 11) is 2.81. The molecular formula is C14H11BrIN3O4S. The number of thioether (sulfide) groups is 1. The molecule has 0 aromatic heterocycles. The Bertz CT molecular complexity index is 780. The van der Waals surface area contributed by atoms with Gasteiger partial charge in [-0.15, -0.1) is 5.10 Å². The first-order valence-corrected chi connectivity index (χ1v) is 9.06. The summed E-state index contributed by atoms with van der Waals surface area (Å²) in [6.07, 6.45) is 2.62. The van der Waals surface area contributed by atoms with E-state index in [0.717, 1.165) is 31.4 Å². The average Bonchev–Trinajstić information content (AvgIpc) is 2.86. The number of amidine groups is 1. The molecule has 7 nitrogen and oxygen atoms in total. The monoisotopic (exact) mass is 523 g/mol. The van der Waals surface area contributed by atoms with E-state index in [1.165, 1.54) is 13.3 Å². The number of carbonyl (C=O) groups is 2. The summed E-state index contributed by atoms with van der Waals surface area (Å²) < 4.78 is 11.6. The molecule has 1 N–H and O–H groups in total. The van der Waals surface area contributed by atoms with E-state index >= 15 is 0 Å². The lowest BCUT2D eigenvalue weighted by atomic mass is 10.2. The molecule has 1 aromatic carbocycles. The van der Waals surface area contributed by atoms with Crippen molar-refractivity contribution in [2.75, 3.05) is 14.2 Å². The van der Waals surface area contributed by atoms with E-state index in [4.69, 9.17) is 4.74 Å². The summed E-state index contributed by atoms with van der Waals surface area (Å²) in [5, 5.41) is 10.7. The first-order valence-electron chi connectivity index (χ1n) is 6.37. The third-order valence-corrected chi connectivity index (χ3v) is 4.85. The smallest absolute Gasteiger partial charge is 0.331 e. The number of carbonyl (C=O) groups excluding carboxylic acids is 2. The molecule has 2 rings (SSSR count). The highest BCUT2D eigenvalue weighted by Gasteiger charge is 2.25. The van der Waals surface area contributed by atoms with E-state index in [2.05, 4.69) is 58.8 Å². The number of amides is 1. The van der Waals surface area contributed by atoms with Gasteiger partial charge in [0.1, 0.15) is 5.75 Å². The second-order valence-corrected chi connectivity index (χ2v) is 7.36. The van der Waals surface area contributed by atoms with E-state index in [1.807, 2.05) is 12.1 Å². The van der Waals surface area contributed by atoms with Crippen molar-refractivity contribution in [2.24, 2.45) is 10.2 Å². The van der Waals surface area contributed by atoms with Crippen molar-refractivity contribution in [2.45, 2.75) is 0 Å². The molecule has 0 atom stereocenters. The summed E-state index contributed by atoms with van der Waals surface area (Å²) in [5.41, 5.74) is 0.736. The lowest BCUT2D eigenvalue weighted by molar-refractivity contribution is -0.135.